The van der Waals surface area contributed by atoms with E-state index < -0.39 is 5.97 Å². The average molecular weight is 305 g/mol. The van der Waals surface area contributed by atoms with E-state index in [9.17, 15) is 4.79 Å². The molecule has 3 heteroatoms. The fraction of sp³-hybridized carbons (Fsp3) is 0.200. The van der Waals surface area contributed by atoms with Crippen LogP contribution in [0.4, 0.5) is 0 Å². The summed E-state index contributed by atoms with van der Waals surface area (Å²) in [5.41, 5.74) is 4.46. The van der Waals surface area contributed by atoms with Gasteiger partial charge in [-0.05, 0) is 47.7 Å². The smallest absolute Gasteiger partial charge is 0.363 e. The van der Waals surface area contributed by atoms with Crippen LogP contribution >= 0.6 is 0 Å². The van der Waals surface area contributed by atoms with Crippen LogP contribution in [0.3, 0.4) is 0 Å². The van der Waals surface area contributed by atoms with Crippen molar-refractivity contribution in [2.75, 3.05) is 0 Å². The number of nitrogens with zero attached hydrogens (tertiary/aromatic N) is 1. The van der Waals surface area contributed by atoms with Crippen LogP contribution in [0.25, 0.3) is 6.08 Å². The molecule has 0 aromatic heterocycles. The number of aryl methyl sites for hydroxylation is 1. The lowest BCUT2D eigenvalue weighted by Gasteiger charge is -2.05. The Morgan fingerprint density at radius 1 is 1.04 bits per heavy atom. The minimum absolute atomic E-state index is 0.335. The predicted octanol–water partition coefficient (Wildman–Crippen LogP) is 4.46. The Balaban J connectivity index is 1.91. The van der Waals surface area contributed by atoms with Crippen molar-refractivity contribution in [1.82, 2.24) is 0 Å². The minimum atomic E-state index is -0.406. The van der Waals surface area contributed by atoms with Crippen LogP contribution in [0.15, 0.2) is 59.2 Å². The van der Waals surface area contributed by atoms with E-state index in [1.165, 1.54) is 5.56 Å². The van der Waals surface area contributed by atoms with Gasteiger partial charge in [0.15, 0.2) is 5.70 Å². The van der Waals surface area contributed by atoms with Crippen molar-refractivity contribution in [3.8, 4) is 0 Å². The van der Waals surface area contributed by atoms with Crippen LogP contribution in [0.1, 0.15) is 42.0 Å². The number of rotatable bonds is 3. The molecule has 0 amide bonds. The molecule has 0 radical (unpaired) electrons. The number of esters is 1. The maximum Gasteiger partial charge on any atom is 0.363 e. The van der Waals surface area contributed by atoms with Crippen LogP contribution in [0.2, 0.25) is 0 Å². The van der Waals surface area contributed by atoms with Crippen molar-refractivity contribution in [3.63, 3.8) is 0 Å². The number of cyclic esters (lactones) is 1. The van der Waals surface area contributed by atoms with Crippen LogP contribution in [-0.4, -0.2) is 11.9 Å². The van der Waals surface area contributed by atoms with E-state index in [0.29, 0.717) is 17.5 Å². The lowest BCUT2D eigenvalue weighted by Crippen LogP contribution is -2.05. The summed E-state index contributed by atoms with van der Waals surface area (Å²) in [7, 11) is 0. The van der Waals surface area contributed by atoms with Crippen molar-refractivity contribution < 1.29 is 9.53 Å². The first kappa shape index (κ1) is 15.2. The van der Waals surface area contributed by atoms with E-state index >= 15 is 0 Å². The third kappa shape index (κ3) is 3.24. The SMILES string of the molecule is Cc1ccccc1/C=C1/N=C(c2ccc(C(C)C)cc2)OC1=O. The molecule has 3 rings (SSSR count). The first-order chi connectivity index (χ1) is 11.0. The molecule has 0 N–H and O–H groups in total. The molecule has 1 aliphatic rings. The topological polar surface area (TPSA) is 38.7 Å². The number of carbonyl (C=O) groups excluding carboxylic acids is 1. The Morgan fingerprint density at radius 2 is 1.74 bits per heavy atom. The van der Waals surface area contributed by atoms with Gasteiger partial charge in [0, 0.05) is 5.56 Å². The molecule has 0 saturated carbocycles. The second-order valence-electron chi connectivity index (χ2n) is 5.97. The maximum atomic E-state index is 12.0. The number of benzene rings is 2. The standard InChI is InChI=1S/C20H19NO2/c1-13(2)15-8-10-16(11-9-15)19-21-18(20(22)23-19)12-17-7-5-4-6-14(17)3/h4-13H,1-3H3/b18-12+. The Bertz CT molecular complexity index is 799. The second kappa shape index (κ2) is 6.21. The maximum absolute atomic E-state index is 12.0. The summed E-state index contributed by atoms with van der Waals surface area (Å²) >= 11 is 0. The summed E-state index contributed by atoms with van der Waals surface area (Å²) in [6, 6.07) is 15.8. The summed E-state index contributed by atoms with van der Waals surface area (Å²) in [5.74, 6) is 0.426. The zero-order chi connectivity index (χ0) is 16.4. The summed E-state index contributed by atoms with van der Waals surface area (Å²) in [6.45, 7) is 6.29. The molecule has 0 atom stereocenters. The normalized spacial score (nSPS) is 15.9. The van der Waals surface area contributed by atoms with E-state index in [4.69, 9.17) is 4.74 Å². The lowest BCUT2D eigenvalue weighted by atomic mass is 10.0. The third-order valence-corrected chi connectivity index (χ3v) is 3.93. The fourth-order valence-corrected chi connectivity index (χ4v) is 2.44. The highest BCUT2D eigenvalue weighted by Crippen LogP contribution is 2.22. The second-order valence-corrected chi connectivity index (χ2v) is 5.97. The molecular formula is C20H19NO2. The van der Waals surface area contributed by atoms with Crippen molar-refractivity contribution in [1.29, 1.82) is 0 Å². The van der Waals surface area contributed by atoms with E-state index in [0.717, 1.165) is 16.7 Å². The fourth-order valence-electron chi connectivity index (χ4n) is 2.44. The predicted molar refractivity (Wildman–Crippen MR) is 92.3 cm³/mol. The Labute approximate surface area is 136 Å². The van der Waals surface area contributed by atoms with Crippen molar-refractivity contribution in [3.05, 3.63) is 76.5 Å². The zero-order valence-corrected chi connectivity index (χ0v) is 13.5. The van der Waals surface area contributed by atoms with Crippen LogP contribution < -0.4 is 0 Å². The largest absolute Gasteiger partial charge is 0.402 e. The molecule has 1 heterocycles. The zero-order valence-electron chi connectivity index (χ0n) is 13.5. The molecule has 0 saturated heterocycles. The van der Waals surface area contributed by atoms with E-state index in [1.54, 1.807) is 6.08 Å². The molecule has 0 bridgehead atoms. The molecule has 23 heavy (non-hydrogen) atoms. The monoisotopic (exact) mass is 305 g/mol. The van der Waals surface area contributed by atoms with Crippen molar-refractivity contribution >= 4 is 17.9 Å². The summed E-state index contributed by atoms with van der Waals surface area (Å²) < 4.78 is 5.32. The van der Waals surface area contributed by atoms with Gasteiger partial charge in [-0.25, -0.2) is 9.79 Å². The van der Waals surface area contributed by atoms with Gasteiger partial charge in [-0.3, -0.25) is 0 Å². The number of ether oxygens (including phenoxy) is 1. The highest BCUT2D eigenvalue weighted by Gasteiger charge is 2.24. The van der Waals surface area contributed by atoms with E-state index in [1.807, 2.05) is 55.5 Å². The van der Waals surface area contributed by atoms with Gasteiger partial charge in [0.2, 0.25) is 5.90 Å². The first-order valence-corrected chi connectivity index (χ1v) is 7.73. The highest BCUT2D eigenvalue weighted by molar-refractivity contribution is 6.12. The molecular weight excluding hydrogens is 286 g/mol. The number of hydrogen-bond acceptors (Lipinski definition) is 3. The molecule has 0 aliphatic carbocycles. The molecule has 0 fully saturated rings. The van der Waals surface area contributed by atoms with Crippen LogP contribution in [0, 0.1) is 6.92 Å². The van der Waals surface area contributed by atoms with E-state index in [2.05, 4.69) is 18.8 Å². The number of aliphatic imine (C=N–C) groups is 1. The molecule has 3 nitrogen and oxygen atoms in total. The van der Waals surface area contributed by atoms with Crippen LogP contribution in [0.5, 0.6) is 0 Å². The van der Waals surface area contributed by atoms with Gasteiger partial charge in [-0.15, -0.1) is 0 Å². The van der Waals surface area contributed by atoms with Crippen molar-refractivity contribution in [2.45, 2.75) is 26.7 Å². The van der Waals surface area contributed by atoms with Gasteiger partial charge in [0.25, 0.3) is 0 Å². The average Bonchev–Trinajstić information content (AvgIpc) is 2.91. The van der Waals surface area contributed by atoms with Crippen molar-refractivity contribution in [2.24, 2.45) is 4.99 Å². The van der Waals surface area contributed by atoms with Gasteiger partial charge in [0.05, 0.1) is 0 Å². The Hall–Kier alpha value is -2.68. The van der Waals surface area contributed by atoms with Gasteiger partial charge < -0.3 is 4.74 Å². The summed E-state index contributed by atoms with van der Waals surface area (Å²) in [5, 5.41) is 0. The van der Waals surface area contributed by atoms with E-state index in [-0.39, 0.29) is 0 Å². The van der Waals surface area contributed by atoms with Gasteiger partial charge in [-0.1, -0.05) is 50.2 Å². The molecule has 1 aliphatic heterocycles. The number of carbonyl (C=O) groups is 1. The molecule has 0 unspecified atom stereocenters. The molecule has 116 valence electrons. The summed E-state index contributed by atoms with van der Waals surface area (Å²) in [6.07, 6.45) is 1.77. The highest BCUT2D eigenvalue weighted by atomic mass is 16.6. The Kier molecular flexibility index (Phi) is 4.11. The minimum Gasteiger partial charge on any atom is -0.402 e. The third-order valence-electron chi connectivity index (χ3n) is 3.93. The van der Waals surface area contributed by atoms with Gasteiger partial charge in [-0.2, -0.15) is 0 Å². The van der Waals surface area contributed by atoms with Gasteiger partial charge in [0.1, 0.15) is 0 Å². The lowest BCUT2D eigenvalue weighted by molar-refractivity contribution is -0.129. The first-order valence-electron chi connectivity index (χ1n) is 7.73. The Morgan fingerprint density at radius 3 is 2.39 bits per heavy atom. The molecule has 2 aromatic carbocycles. The quantitative estimate of drug-likeness (QED) is 0.620. The molecule has 0 spiro atoms. The van der Waals surface area contributed by atoms with Crippen LogP contribution in [-0.2, 0) is 9.53 Å². The molecule has 2 aromatic rings. The summed E-state index contributed by atoms with van der Waals surface area (Å²) in [4.78, 5) is 16.4. The van der Waals surface area contributed by atoms with Gasteiger partial charge >= 0.3 is 5.97 Å². The number of hydrogen-bond donors (Lipinski definition) is 0.